The van der Waals surface area contributed by atoms with Crippen molar-refractivity contribution >= 4 is 28.8 Å². The minimum atomic E-state index is -0.180. The molecule has 1 aliphatic heterocycles. The highest BCUT2D eigenvalue weighted by Gasteiger charge is 2.26. The van der Waals surface area contributed by atoms with Crippen LogP contribution in [0.2, 0.25) is 5.02 Å². The number of nitrogens with zero attached hydrogens (tertiary/aromatic N) is 2. The van der Waals surface area contributed by atoms with Crippen LogP contribution >= 0.6 is 22.9 Å². The van der Waals surface area contributed by atoms with Gasteiger partial charge in [0.1, 0.15) is 4.88 Å². The van der Waals surface area contributed by atoms with Crippen molar-refractivity contribution in [3.8, 4) is 0 Å². The number of aryl methyl sites for hydroxylation is 1. The van der Waals surface area contributed by atoms with E-state index in [-0.39, 0.29) is 18.0 Å². The van der Waals surface area contributed by atoms with E-state index in [2.05, 4.69) is 9.97 Å². The Morgan fingerprint density at radius 2 is 2.35 bits per heavy atom. The van der Waals surface area contributed by atoms with Crippen molar-refractivity contribution in [2.24, 2.45) is 0 Å². The summed E-state index contributed by atoms with van der Waals surface area (Å²) >= 11 is 7.48. The van der Waals surface area contributed by atoms with Crippen LogP contribution in [0.5, 0.6) is 0 Å². The monoisotopic (exact) mass is 309 g/mol. The Hall–Kier alpha value is -1.66. The molecule has 0 bridgehead atoms. The second kappa shape index (κ2) is 5.03. The van der Waals surface area contributed by atoms with Gasteiger partial charge in [-0.05, 0) is 17.9 Å². The summed E-state index contributed by atoms with van der Waals surface area (Å²) in [6.45, 7) is 2.70. The van der Waals surface area contributed by atoms with E-state index in [4.69, 9.17) is 11.6 Å². The van der Waals surface area contributed by atoms with Gasteiger partial charge in [-0.2, -0.15) is 0 Å². The maximum absolute atomic E-state index is 12.5. The number of aromatic nitrogens is 2. The van der Waals surface area contributed by atoms with E-state index in [1.165, 1.54) is 17.7 Å². The van der Waals surface area contributed by atoms with Crippen molar-refractivity contribution in [1.82, 2.24) is 14.9 Å². The molecule has 0 radical (unpaired) electrons. The first kappa shape index (κ1) is 13.3. The normalized spacial score (nSPS) is 14.2. The summed E-state index contributed by atoms with van der Waals surface area (Å²) in [5, 5.41) is 2.37. The number of nitrogens with one attached hydrogen (secondary N) is 1. The molecule has 7 heteroatoms. The summed E-state index contributed by atoms with van der Waals surface area (Å²) < 4.78 is 0. The molecule has 0 saturated carbocycles. The highest BCUT2D eigenvalue weighted by atomic mass is 35.5. The van der Waals surface area contributed by atoms with Gasteiger partial charge in [0.15, 0.2) is 0 Å². The van der Waals surface area contributed by atoms with Crippen LogP contribution in [0.4, 0.5) is 0 Å². The van der Waals surface area contributed by atoms with Gasteiger partial charge in [-0.3, -0.25) is 9.59 Å². The predicted octanol–water partition coefficient (Wildman–Crippen LogP) is 1.99. The van der Waals surface area contributed by atoms with Crippen LogP contribution in [0.25, 0.3) is 0 Å². The molecule has 0 saturated heterocycles. The van der Waals surface area contributed by atoms with Crippen LogP contribution in [-0.2, 0) is 13.0 Å². The molecule has 2 aromatic heterocycles. The fourth-order valence-electron chi connectivity index (χ4n) is 2.25. The van der Waals surface area contributed by atoms with E-state index >= 15 is 0 Å². The molecule has 0 atom stereocenters. The Balaban J connectivity index is 1.91. The van der Waals surface area contributed by atoms with Crippen LogP contribution in [0, 0.1) is 6.92 Å². The SMILES string of the molecule is Cc1csc(C(=O)N2CCc3nc[nH]c(=O)c3C2)c1Cl. The molecule has 5 nitrogen and oxygen atoms in total. The molecule has 3 heterocycles. The third-order valence-corrected chi connectivity index (χ3v) is 5.07. The highest BCUT2D eigenvalue weighted by molar-refractivity contribution is 7.13. The summed E-state index contributed by atoms with van der Waals surface area (Å²) in [6.07, 6.45) is 1.99. The summed E-state index contributed by atoms with van der Waals surface area (Å²) in [4.78, 5) is 33.1. The number of aromatic amines is 1. The zero-order valence-corrected chi connectivity index (χ0v) is 12.3. The molecule has 2 aromatic rings. The summed E-state index contributed by atoms with van der Waals surface area (Å²) in [5.74, 6) is -0.123. The van der Waals surface area contributed by atoms with Gasteiger partial charge in [0, 0.05) is 13.0 Å². The van der Waals surface area contributed by atoms with E-state index in [0.717, 1.165) is 11.3 Å². The Labute approximate surface area is 124 Å². The molecule has 0 unspecified atom stereocenters. The van der Waals surface area contributed by atoms with Crippen molar-refractivity contribution in [1.29, 1.82) is 0 Å². The van der Waals surface area contributed by atoms with E-state index in [1.807, 2.05) is 12.3 Å². The van der Waals surface area contributed by atoms with Crippen molar-refractivity contribution in [2.45, 2.75) is 19.9 Å². The number of fused-ring (bicyclic) bond motifs is 1. The van der Waals surface area contributed by atoms with Gasteiger partial charge in [0.2, 0.25) is 0 Å². The van der Waals surface area contributed by atoms with E-state index in [9.17, 15) is 9.59 Å². The molecule has 0 spiro atoms. The first-order chi connectivity index (χ1) is 9.58. The smallest absolute Gasteiger partial charge is 0.265 e. The minimum Gasteiger partial charge on any atom is -0.333 e. The molecule has 1 amide bonds. The second-order valence-electron chi connectivity index (χ2n) is 4.70. The van der Waals surface area contributed by atoms with E-state index in [0.29, 0.717) is 28.4 Å². The Morgan fingerprint density at radius 1 is 1.55 bits per heavy atom. The first-order valence-electron chi connectivity index (χ1n) is 6.16. The van der Waals surface area contributed by atoms with Crippen molar-refractivity contribution in [2.75, 3.05) is 6.54 Å². The lowest BCUT2D eigenvalue weighted by Crippen LogP contribution is -2.39. The number of rotatable bonds is 1. The molecule has 0 fully saturated rings. The maximum atomic E-state index is 12.5. The lowest BCUT2D eigenvalue weighted by atomic mass is 10.1. The summed E-state index contributed by atoms with van der Waals surface area (Å²) in [7, 11) is 0. The molecule has 0 aromatic carbocycles. The molecule has 3 rings (SSSR count). The maximum Gasteiger partial charge on any atom is 0.265 e. The Morgan fingerprint density at radius 3 is 3.05 bits per heavy atom. The predicted molar refractivity (Wildman–Crippen MR) is 77.4 cm³/mol. The number of hydrogen-bond acceptors (Lipinski definition) is 4. The van der Waals surface area contributed by atoms with Gasteiger partial charge in [0.25, 0.3) is 11.5 Å². The van der Waals surface area contributed by atoms with Crippen LogP contribution in [0.3, 0.4) is 0 Å². The summed E-state index contributed by atoms with van der Waals surface area (Å²) in [6, 6.07) is 0. The van der Waals surface area contributed by atoms with Crippen molar-refractivity contribution in [3.63, 3.8) is 0 Å². The fraction of sp³-hybridized carbons (Fsp3) is 0.308. The van der Waals surface area contributed by atoms with Crippen molar-refractivity contribution in [3.05, 3.63) is 48.8 Å². The average molecular weight is 310 g/mol. The zero-order valence-electron chi connectivity index (χ0n) is 10.8. The van der Waals surface area contributed by atoms with Crippen LogP contribution in [0.15, 0.2) is 16.5 Å². The van der Waals surface area contributed by atoms with Crippen molar-refractivity contribution < 1.29 is 4.79 Å². The lowest BCUT2D eigenvalue weighted by Gasteiger charge is -2.27. The fourth-order valence-corrected chi connectivity index (χ4v) is 3.49. The van der Waals surface area contributed by atoms with Gasteiger partial charge >= 0.3 is 0 Å². The number of halogens is 1. The zero-order chi connectivity index (χ0) is 14.3. The quantitative estimate of drug-likeness (QED) is 0.876. The molecular weight excluding hydrogens is 298 g/mol. The first-order valence-corrected chi connectivity index (χ1v) is 7.42. The largest absolute Gasteiger partial charge is 0.333 e. The lowest BCUT2D eigenvalue weighted by molar-refractivity contribution is 0.0737. The van der Waals surface area contributed by atoms with Crippen LogP contribution in [0.1, 0.15) is 26.5 Å². The van der Waals surface area contributed by atoms with Gasteiger partial charge in [-0.25, -0.2) is 4.98 Å². The standard InChI is InChI=1S/C13H12ClN3O2S/c1-7-5-20-11(10(7)14)13(19)17-3-2-9-8(4-17)12(18)16-6-15-9/h5-6H,2-4H2,1H3,(H,15,16,18). The summed E-state index contributed by atoms with van der Waals surface area (Å²) in [5.41, 5.74) is 2.06. The van der Waals surface area contributed by atoms with E-state index in [1.54, 1.807) is 4.90 Å². The topological polar surface area (TPSA) is 66.1 Å². The second-order valence-corrected chi connectivity index (χ2v) is 5.95. The van der Waals surface area contributed by atoms with Gasteiger partial charge in [-0.15, -0.1) is 11.3 Å². The number of amides is 1. The minimum absolute atomic E-state index is 0.123. The number of H-pyrrole nitrogens is 1. The van der Waals surface area contributed by atoms with Gasteiger partial charge < -0.3 is 9.88 Å². The van der Waals surface area contributed by atoms with Gasteiger partial charge in [-0.1, -0.05) is 11.6 Å². The Kier molecular flexibility index (Phi) is 3.35. The number of carbonyl (C=O) groups is 1. The molecule has 1 N–H and O–H groups in total. The molecule has 20 heavy (non-hydrogen) atoms. The van der Waals surface area contributed by atoms with Crippen LogP contribution < -0.4 is 5.56 Å². The molecular formula is C13H12ClN3O2S. The third kappa shape index (κ3) is 2.14. The molecule has 104 valence electrons. The molecule has 1 aliphatic rings. The number of thiophene rings is 1. The number of carbonyl (C=O) groups excluding carboxylic acids is 1. The molecule has 0 aliphatic carbocycles. The third-order valence-electron chi connectivity index (χ3n) is 3.39. The highest BCUT2D eigenvalue weighted by Crippen LogP contribution is 2.29. The van der Waals surface area contributed by atoms with E-state index < -0.39 is 0 Å². The average Bonchev–Trinajstić information content (AvgIpc) is 2.78. The van der Waals surface area contributed by atoms with Gasteiger partial charge in [0.05, 0.1) is 29.2 Å². The Bertz CT molecular complexity index is 737. The van der Waals surface area contributed by atoms with Crippen LogP contribution in [-0.4, -0.2) is 27.3 Å². The number of hydrogen-bond donors (Lipinski definition) is 1.